The fourth-order valence-corrected chi connectivity index (χ4v) is 3.68. The van der Waals surface area contributed by atoms with Crippen molar-refractivity contribution in [2.24, 2.45) is 0 Å². The van der Waals surface area contributed by atoms with Crippen molar-refractivity contribution < 1.29 is 13.5 Å². The molecular formula is C11H17N3O3S. The average molecular weight is 271 g/mol. The molecule has 2 N–H and O–H groups in total. The number of anilines is 1. The minimum atomic E-state index is -3.65. The minimum absolute atomic E-state index is 0.00481. The van der Waals surface area contributed by atoms with Gasteiger partial charge in [0, 0.05) is 26.3 Å². The number of nitrogens with one attached hydrogen (secondary N) is 1. The molecule has 2 rings (SSSR count). The molecule has 0 aromatic carbocycles. The van der Waals surface area contributed by atoms with E-state index in [1.54, 1.807) is 26.1 Å². The molecule has 1 unspecified atom stereocenters. The SMILES string of the molecule is CNc1cccnc1S(=O)(=O)N1CCC(C)(O)C1. The van der Waals surface area contributed by atoms with Crippen LogP contribution in [0.2, 0.25) is 0 Å². The van der Waals surface area contributed by atoms with Crippen molar-refractivity contribution in [3.63, 3.8) is 0 Å². The molecule has 1 aromatic heterocycles. The fraction of sp³-hybridized carbons (Fsp3) is 0.545. The van der Waals surface area contributed by atoms with Gasteiger partial charge in [0.05, 0.1) is 11.3 Å². The van der Waals surface area contributed by atoms with E-state index < -0.39 is 15.6 Å². The first-order chi connectivity index (χ1) is 8.37. The number of hydrogen-bond donors (Lipinski definition) is 2. The van der Waals surface area contributed by atoms with Crippen molar-refractivity contribution in [1.29, 1.82) is 0 Å². The molecule has 100 valence electrons. The summed E-state index contributed by atoms with van der Waals surface area (Å²) in [5.41, 5.74) is -0.495. The van der Waals surface area contributed by atoms with Crippen molar-refractivity contribution in [2.75, 3.05) is 25.5 Å². The van der Waals surface area contributed by atoms with Crippen molar-refractivity contribution in [3.8, 4) is 0 Å². The molecule has 0 aliphatic carbocycles. The molecule has 1 saturated heterocycles. The number of β-amino-alcohol motifs (C(OH)–C–C–N with tert-alkyl or cyclic N) is 1. The third-order valence-electron chi connectivity index (χ3n) is 3.04. The van der Waals surface area contributed by atoms with Gasteiger partial charge < -0.3 is 10.4 Å². The Bertz CT molecular complexity index is 542. The lowest BCUT2D eigenvalue weighted by atomic mass is 10.1. The number of pyridine rings is 1. The molecule has 7 heteroatoms. The van der Waals surface area contributed by atoms with Crippen LogP contribution in [0.1, 0.15) is 13.3 Å². The first-order valence-corrected chi connectivity index (χ1v) is 7.16. The first-order valence-electron chi connectivity index (χ1n) is 5.72. The Labute approximate surface area is 107 Å². The van der Waals surface area contributed by atoms with Crippen LogP contribution in [0.25, 0.3) is 0 Å². The van der Waals surface area contributed by atoms with E-state index in [9.17, 15) is 13.5 Å². The van der Waals surface area contributed by atoms with Gasteiger partial charge in [-0.1, -0.05) is 0 Å². The predicted octanol–water partition coefficient (Wildman–Crippen LogP) is 0.269. The Morgan fingerprint density at radius 1 is 1.56 bits per heavy atom. The lowest BCUT2D eigenvalue weighted by Crippen LogP contribution is -2.34. The molecule has 0 radical (unpaired) electrons. The topological polar surface area (TPSA) is 82.5 Å². The summed E-state index contributed by atoms with van der Waals surface area (Å²) in [6.07, 6.45) is 1.88. The normalized spacial score (nSPS) is 25.3. The maximum absolute atomic E-state index is 12.4. The van der Waals surface area contributed by atoms with Gasteiger partial charge in [0.25, 0.3) is 10.0 Å². The van der Waals surface area contributed by atoms with Crippen LogP contribution in [-0.4, -0.2) is 48.6 Å². The van der Waals surface area contributed by atoms with Crippen LogP contribution in [0, 0.1) is 0 Å². The largest absolute Gasteiger partial charge is 0.389 e. The van der Waals surface area contributed by atoms with Crippen LogP contribution in [0.3, 0.4) is 0 Å². The molecule has 1 aromatic rings. The molecule has 2 heterocycles. The van der Waals surface area contributed by atoms with E-state index in [1.807, 2.05) is 0 Å². The molecule has 1 aliphatic rings. The number of sulfonamides is 1. The molecule has 0 saturated carbocycles. The summed E-state index contributed by atoms with van der Waals surface area (Å²) in [7, 11) is -2.00. The zero-order valence-electron chi connectivity index (χ0n) is 10.4. The zero-order valence-corrected chi connectivity index (χ0v) is 11.2. The minimum Gasteiger partial charge on any atom is -0.389 e. The molecule has 0 spiro atoms. The van der Waals surface area contributed by atoms with Gasteiger partial charge in [-0.15, -0.1) is 0 Å². The standard InChI is InChI=1S/C11H17N3O3S/c1-11(15)5-7-14(8-11)18(16,17)10-9(12-2)4-3-6-13-10/h3-4,6,12,15H,5,7-8H2,1-2H3. The quantitative estimate of drug-likeness (QED) is 0.824. The highest BCUT2D eigenvalue weighted by molar-refractivity contribution is 7.89. The number of nitrogens with zero attached hydrogens (tertiary/aromatic N) is 2. The number of hydrogen-bond acceptors (Lipinski definition) is 5. The van der Waals surface area contributed by atoms with Crippen molar-refractivity contribution in [3.05, 3.63) is 18.3 Å². The monoisotopic (exact) mass is 271 g/mol. The summed E-state index contributed by atoms with van der Waals surface area (Å²) in [6.45, 7) is 2.06. The van der Waals surface area contributed by atoms with Gasteiger partial charge in [-0.05, 0) is 25.5 Å². The lowest BCUT2D eigenvalue weighted by molar-refractivity contribution is 0.0762. The maximum Gasteiger partial charge on any atom is 0.262 e. The van der Waals surface area contributed by atoms with Crippen LogP contribution in [-0.2, 0) is 10.0 Å². The number of rotatable bonds is 3. The zero-order chi connectivity index (χ0) is 13.4. The van der Waals surface area contributed by atoms with E-state index in [1.165, 1.54) is 10.5 Å². The maximum atomic E-state index is 12.4. The highest BCUT2D eigenvalue weighted by Crippen LogP contribution is 2.28. The third-order valence-corrected chi connectivity index (χ3v) is 4.85. The fourth-order valence-electron chi connectivity index (χ4n) is 2.02. The van der Waals surface area contributed by atoms with Crippen LogP contribution in [0.15, 0.2) is 23.4 Å². The van der Waals surface area contributed by atoms with Gasteiger partial charge in [-0.25, -0.2) is 13.4 Å². The van der Waals surface area contributed by atoms with E-state index in [2.05, 4.69) is 10.3 Å². The van der Waals surface area contributed by atoms with Crippen LogP contribution >= 0.6 is 0 Å². The van der Waals surface area contributed by atoms with Crippen LogP contribution in [0.5, 0.6) is 0 Å². The van der Waals surface area contributed by atoms with E-state index in [0.29, 0.717) is 18.7 Å². The molecule has 0 amide bonds. The Balaban J connectivity index is 2.38. The van der Waals surface area contributed by atoms with Gasteiger partial charge >= 0.3 is 0 Å². The predicted molar refractivity (Wildman–Crippen MR) is 67.8 cm³/mol. The van der Waals surface area contributed by atoms with Crippen molar-refractivity contribution >= 4 is 15.7 Å². The summed E-state index contributed by atoms with van der Waals surface area (Å²) in [6, 6.07) is 3.33. The third kappa shape index (κ3) is 2.33. The number of aromatic nitrogens is 1. The first kappa shape index (κ1) is 13.3. The molecule has 1 fully saturated rings. The molecule has 0 bridgehead atoms. The second kappa shape index (κ2) is 4.49. The summed E-state index contributed by atoms with van der Waals surface area (Å²) in [5.74, 6) is 0. The van der Waals surface area contributed by atoms with Gasteiger partial charge in [-0.3, -0.25) is 0 Å². The summed E-state index contributed by atoms with van der Waals surface area (Å²) >= 11 is 0. The van der Waals surface area contributed by atoms with Crippen LogP contribution in [0.4, 0.5) is 5.69 Å². The smallest absolute Gasteiger partial charge is 0.262 e. The Morgan fingerprint density at radius 3 is 2.83 bits per heavy atom. The molecule has 1 aliphatic heterocycles. The second-order valence-corrected chi connectivity index (χ2v) is 6.54. The highest BCUT2D eigenvalue weighted by Gasteiger charge is 2.39. The Kier molecular flexibility index (Phi) is 3.31. The summed E-state index contributed by atoms with van der Waals surface area (Å²) in [5, 5.41) is 12.7. The molecule has 1 atom stereocenters. The van der Waals surface area contributed by atoms with E-state index in [-0.39, 0.29) is 11.6 Å². The average Bonchev–Trinajstić information content (AvgIpc) is 2.70. The van der Waals surface area contributed by atoms with Gasteiger partial charge in [0.2, 0.25) is 0 Å². The van der Waals surface area contributed by atoms with E-state index in [4.69, 9.17) is 0 Å². The van der Waals surface area contributed by atoms with Crippen molar-refractivity contribution in [2.45, 2.75) is 24.0 Å². The number of aliphatic hydroxyl groups is 1. The summed E-state index contributed by atoms with van der Waals surface area (Å²) in [4.78, 5) is 3.94. The van der Waals surface area contributed by atoms with Crippen molar-refractivity contribution in [1.82, 2.24) is 9.29 Å². The second-order valence-electron chi connectivity index (χ2n) is 4.69. The van der Waals surface area contributed by atoms with Gasteiger partial charge in [0.1, 0.15) is 0 Å². The lowest BCUT2D eigenvalue weighted by Gasteiger charge is -2.19. The Morgan fingerprint density at radius 2 is 2.28 bits per heavy atom. The molecular weight excluding hydrogens is 254 g/mol. The highest BCUT2D eigenvalue weighted by atomic mass is 32.2. The molecule has 6 nitrogen and oxygen atoms in total. The summed E-state index contributed by atoms with van der Waals surface area (Å²) < 4.78 is 26.1. The Hall–Kier alpha value is -1.18. The van der Waals surface area contributed by atoms with E-state index in [0.717, 1.165) is 0 Å². The molecule has 18 heavy (non-hydrogen) atoms. The van der Waals surface area contributed by atoms with E-state index >= 15 is 0 Å². The van der Waals surface area contributed by atoms with Crippen LogP contribution < -0.4 is 5.32 Å². The van der Waals surface area contributed by atoms with Gasteiger partial charge in [-0.2, -0.15) is 4.31 Å². The van der Waals surface area contributed by atoms with Gasteiger partial charge in [0.15, 0.2) is 5.03 Å².